The maximum Gasteiger partial charge on any atom is 0.0578 e. The van der Waals surface area contributed by atoms with E-state index in [0.717, 1.165) is 0 Å². The van der Waals surface area contributed by atoms with Crippen LogP contribution in [-0.4, -0.2) is 24.0 Å². The van der Waals surface area contributed by atoms with Gasteiger partial charge in [-0.25, -0.2) is 0 Å². The molecule has 2 aliphatic rings. The molecule has 1 fully saturated rings. The molecule has 1 aromatic carbocycles. The first-order valence-corrected chi connectivity index (χ1v) is 6.73. The van der Waals surface area contributed by atoms with Crippen molar-refractivity contribution in [2.75, 3.05) is 13.6 Å². The first kappa shape index (κ1) is 13.2. The molecule has 2 heteroatoms. The van der Waals surface area contributed by atoms with E-state index in [1.165, 1.54) is 18.5 Å². The van der Waals surface area contributed by atoms with Crippen LogP contribution in [0.2, 0.25) is 0 Å². The number of hydrogen-bond donors (Lipinski definition) is 1. The van der Waals surface area contributed by atoms with Gasteiger partial charge >= 0.3 is 0 Å². The monoisotopic (exact) mass is 244 g/mol. The molecule has 3 rings (SSSR count). The predicted octanol–water partition coefficient (Wildman–Crippen LogP) is 3.34. The van der Waals surface area contributed by atoms with Crippen LogP contribution in [0.5, 0.6) is 0 Å². The van der Waals surface area contributed by atoms with Crippen LogP contribution in [-0.2, 0) is 0 Å². The molecule has 0 saturated carbocycles. The van der Waals surface area contributed by atoms with Crippen molar-refractivity contribution in [2.45, 2.75) is 38.8 Å². The van der Waals surface area contributed by atoms with Crippen LogP contribution in [0.4, 0.5) is 0 Å². The van der Waals surface area contributed by atoms with E-state index in [0.29, 0.717) is 11.6 Å². The summed E-state index contributed by atoms with van der Waals surface area (Å²) in [6, 6.07) is 10.9. The van der Waals surface area contributed by atoms with Crippen LogP contribution in [0.15, 0.2) is 42.1 Å². The minimum Gasteiger partial charge on any atom is -0.362 e. The molecule has 2 heterocycles. The first-order chi connectivity index (χ1) is 8.54. The molecule has 2 nitrogen and oxygen atoms in total. The number of fused-ring (bicyclic) bond motifs is 1. The van der Waals surface area contributed by atoms with Crippen LogP contribution < -0.4 is 5.32 Å². The summed E-state index contributed by atoms with van der Waals surface area (Å²) in [7, 11) is 1.97. The third-order valence-electron chi connectivity index (χ3n) is 3.86. The molecular weight excluding hydrogens is 220 g/mol. The van der Waals surface area contributed by atoms with Crippen LogP contribution in [0.25, 0.3) is 0 Å². The molecule has 1 unspecified atom stereocenters. The topological polar surface area (TPSA) is 15.0 Å². The van der Waals surface area contributed by atoms with Crippen LogP contribution >= 0.6 is 0 Å². The molecule has 2 aliphatic heterocycles. The highest BCUT2D eigenvalue weighted by atomic mass is 15.3. The largest absolute Gasteiger partial charge is 0.362 e. The van der Waals surface area contributed by atoms with Gasteiger partial charge < -0.3 is 10.2 Å². The summed E-state index contributed by atoms with van der Waals surface area (Å²) in [4.78, 5) is 2.45. The molecule has 0 bridgehead atoms. The maximum absolute atomic E-state index is 3.18. The Hall–Kier alpha value is -1.28. The minimum atomic E-state index is 0.459. The molecule has 18 heavy (non-hydrogen) atoms. The quantitative estimate of drug-likeness (QED) is 0.803. The summed E-state index contributed by atoms with van der Waals surface area (Å²) in [5.74, 6) is 0. The zero-order valence-electron chi connectivity index (χ0n) is 11.9. The van der Waals surface area contributed by atoms with E-state index in [-0.39, 0.29) is 0 Å². The van der Waals surface area contributed by atoms with Crippen molar-refractivity contribution in [3.05, 3.63) is 47.7 Å². The van der Waals surface area contributed by atoms with Gasteiger partial charge in [0.15, 0.2) is 0 Å². The van der Waals surface area contributed by atoms with Crippen molar-refractivity contribution < 1.29 is 0 Å². The highest BCUT2D eigenvalue weighted by Crippen LogP contribution is 2.41. The van der Waals surface area contributed by atoms with E-state index in [1.807, 2.05) is 13.1 Å². The Morgan fingerprint density at radius 2 is 1.89 bits per heavy atom. The van der Waals surface area contributed by atoms with Gasteiger partial charge in [0.25, 0.3) is 0 Å². The Morgan fingerprint density at radius 1 is 1.22 bits per heavy atom. The van der Waals surface area contributed by atoms with Crippen LogP contribution in [0, 0.1) is 0 Å². The summed E-state index contributed by atoms with van der Waals surface area (Å²) < 4.78 is 0. The number of benzene rings is 1. The Balaban J connectivity index is 0.000000136. The summed E-state index contributed by atoms with van der Waals surface area (Å²) in [6.45, 7) is 7.98. The summed E-state index contributed by atoms with van der Waals surface area (Å²) in [5.41, 5.74) is 3.37. The van der Waals surface area contributed by atoms with Gasteiger partial charge in [-0.15, -0.1) is 0 Å². The van der Waals surface area contributed by atoms with Gasteiger partial charge in [0, 0.05) is 17.3 Å². The summed E-state index contributed by atoms with van der Waals surface area (Å²) >= 11 is 0. The summed E-state index contributed by atoms with van der Waals surface area (Å²) in [5, 5.41) is 3.18. The average Bonchev–Trinajstić information content (AvgIpc) is 3.12. The smallest absolute Gasteiger partial charge is 0.0578 e. The molecule has 98 valence electrons. The van der Waals surface area contributed by atoms with Crippen LogP contribution in [0.1, 0.15) is 38.8 Å². The Bertz CT molecular complexity index is 420. The van der Waals surface area contributed by atoms with E-state index >= 15 is 0 Å². The highest BCUT2D eigenvalue weighted by Gasteiger charge is 2.42. The average molecular weight is 244 g/mol. The lowest BCUT2D eigenvalue weighted by molar-refractivity contribution is 0.315. The zero-order chi connectivity index (χ0) is 13.2. The fraction of sp³-hybridized carbons (Fsp3) is 0.500. The first-order valence-electron chi connectivity index (χ1n) is 6.73. The lowest BCUT2D eigenvalue weighted by atomic mass is 10.0. The number of hydrogen-bond acceptors (Lipinski definition) is 2. The summed E-state index contributed by atoms with van der Waals surface area (Å²) in [6.07, 6.45) is 3.60. The Kier molecular flexibility index (Phi) is 3.76. The van der Waals surface area contributed by atoms with Gasteiger partial charge in [-0.3, -0.25) is 0 Å². The third-order valence-corrected chi connectivity index (χ3v) is 3.86. The van der Waals surface area contributed by atoms with Crippen molar-refractivity contribution in [1.29, 1.82) is 0 Å². The molecule has 0 radical (unpaired) electrons. The highest BCUT2D eigenvalue weighted by molar-refractivity contribution is 5.29. The fourth-order valence-corrected chi connectivity index (χ4v) is 2.29. The lowest BCUT2D eigenvalue weighted by Gasteiger charge is -2.21. The van der Waals surface area contributed by atoms with Gasteiger partial charge in [0.2, 0.25) is 0 Å². The van der Waals surface area contributed by atoms with E-state index in [9.17, 15) is 0 Å². The van der Waals surface area contributed by atoms with Crippen molar-refractivity contribution in [1.82, 2.24) is 10.2 Å². The van der Waals surface area contributed by atoms with Gasteiger partial charge in [-0.05, 0) is 39.8 Å². The van der Waals surface area contributed by atoms with Gasteiger partial charge in [0.1, 0.15) is 0 Å². The molecular formula is C16H24N2. The van der Waals surface area contributed by atoms with E-state index in [1.54, 1.807) is 5.70 Å². The van der Waals surface area contributed by atoms with Crippen molar-refractivity contribution in [2.24, 2.45) is 0 Å². The molecule has 0 spiro atoms. The van der Waals surface area contributed by atoms with Crippen molar-refractivity contribution in [3.8, 4) is 0 Å². The van der Waals surface area contributed by atoms with Crippen molar-refractivity contribution in [3.63, 3.8) is 0 Å². The minimum absolute atomic E-state index is 0.459. The SMILES string of the molecule is CC1(C)CC=C2CN21.CNC(C)c1ccccc1. The van der Waals surface area contributed by atoms with Gasteiger partial charge in [-0.2, -0.15) is 0 Å². The van der Waals surface area contributed by atoms with Gasteiger partial charge in [-0.1, -0.05) is 36.4 Å². The van der Waals surface area contributed by atoms with E-state index in [2.05, 4.69) is 61.3 Å². The molecule has 0 amide bonds. The van der Waals surface area contributed by atoms with Crippen molar-refractivity contribution >= 4 is 0 Å². The standard InChI is InChI=1S/C9H13N.C7H11N/c1-8(10-2)9-6-4-3-5-7-9;1-7(2)4-3-6-5-8(6)7/h3-8,10H,1-2H3;3H,4-5H2,1-2H3. The molecule has 0 aromatic heterocycles. The molecule has 1 aromatic rings. The number of rotatable bonds is 2. The normalized spacial score (nSPS) is 20.4. The second-order valence-electron chi connectivity index (χ2n) is 5.72. The fourth-order valence-electron chi connectivity index (χ4n) is 2.29. The second kappa shape index (κ2) is 5.15. The molecule has 0 aliphatic carbocycles. The Morgan fingerprint density at radius 3 is 2.22 bits per heavy atom. The molecule has 1 N–H and O–H groups in total. The predicted molar refractivity (Wildman–Crippen MR) is 77.4 cm³/mol. The van der Waals surface area contributed by atoms with E-state index < -0.39 is 0 Å². The third kappa shape index (κ3) is 2.94. The molecule has 1 saturated heterocycles. The number of nitrogens with one attached hydrogen (secondary N) is 1. The zero-order valence-corrected chi connectivity index (χ0v) is 11.9. The number of nitrogens with zero attached hydrogens (tertiary/aromatic N) is 1. The maximum atomic E-state index is 3.18. The van der Waals surface area contributed by atoms with Crippen LogP contribution in [0.3, 0.4) is 0 Å². The van der Waals surface area contributed by atoms with Gasteiger partial charge in [0.05, 0.1) is 6.54 Å². The second-order valence-corrected chi connectivity index (χ2v) is 5.72. The molecule has 1 atom stereocenters. The van der Waals surface area contributed by atoms with E-state index in [4.69, 9.17) is 0 Å². The lowest BCUT2D eigenvalue weighted by Crippen LogP contribution is -2.26. The Labute approximate surface area is 111 Å².